The van der Waals surface area contributed by atoms with Crippen molar-refractivity contribution in [3.63, 3.8) is 0 Å². The molecule has 2 aliphatic carbocycles. The highest BCUT2D eigenvalue weighted by Gasteiger charge is 2.35. The first-order valence-electron chi connectivity index (χ1n) is 5.40. The van der Waals surface area contributed by atoms with Crippen molar-refractivity contribution in [1.29, 1.82) is 0 Å². The second-order valence-corrected chi connectivity index (χ2v) is 5.66. The molecule has 1 nitrogen and oxygen atoms in total. The SMILES string of the molecule is CC1C=CC2=C(C(=O)c3ccccc32)C1I. The summed E-state index contributed by atoms with van der Waals surface area (Å²) in [6.45, 7) is 2.16. The first kappa shape index (κ1) is 10.3. The predicted molar refractivity (Wildman–Crippen MR) is 73.8 cm³/mol. The van der Waals surface area contributed by atoms with Crippen molar-refractivity contribution >= 4 is 33.9 Å². The standard InChI is InChI=1S/C14H11IO/c1-8-6-7-10-9-4-2-3-5-11(9)14(16)12(10)13(8)15/h2-8,13H,1H3. The smallest absolute Gasteiger partial charge is 0.191 e. The largest absolute Gasteiger partial charge is 0.289 e. The van der Waals surface area contributed by atoms with Crippen molar-refractivity contribution in [2.75, 3.05) is 0 Å². The van der Waals surface area contributed by atoms with E-state index in [1.165, 1.54) is 0 Å². The summed E-state index contributed by atoms with van der Waals surface area (Å²) in [6, 6.07) is 7.90. The van der Waals surface area contributed by atoms with Gasteiger partial charge in [0.25, 0.3) is 0 Å². The van der Waals surface area contributed by atoms with Crippen LogP contribution in [0.25, 0.3) is 5.57 Å². The van der Waals surface area contributed by atoms with Gasteiger partial charge in [0.1, 0.15) is 0 Å². The Kier molecular flexibility index (Phi) is 2.28. The number of ketones is 1. The Morgan fingerprint density at radius 3 is 2.62 bits per heavy atom. The molecule has 0 saturated heterocycles. The number of Topliss-reactive ketones (excluding diaryl/α,β-unsaturated/α-hetero) is 1. The van der Waals surface area contributed by atoms with E-state index in [1.807, 2.05) is 24.3 Å². The molecular weight excluding hydrogens is 311 g/mol. The van der Waals surface area contributed by atoms with E-state index in [0.29, 0.717) is 9.84 Å². The topological polar surface area (TPSA) is 17.1 Å². The fourth-order valence-corrected chi connectivity index (χ4v) is 3.25. The van der Waals surface area contributed by atoms with Gasteiger partial charge in [-0.25, -0.2) is 0 Å². The summed E-state index contributed by atoms with van der Waals surface area (Å²) < 4.78 is 0.303. The number of halogens is 1. The van der Waals surface area contributed by atoms with E-state index in [0.717, 1.165) is 22.3 Å². The van der Waals surface area contributed by atoms with Crippen LogP contribution in [0.4, 0.5) is 0 Å². The van der Waals surface area contributed by atoms with E-state index in [-0.39, 0.29) is 5.78 Å². The van der Waals surface area contributed by atoms with Gasteiger partial charge in [0.05, 0.1) is 0 Å². The molecule has 0 aliphatic heterocycles. The molecule has 3 rings (SSSR count). The van der Waals surface area contributed by atoms with Gasteiger partial charge in [-0.3, -0.25) is 4.79 Å². The Morgan fingerprint density at radius 2 is 1.88 bits per heavy atom. The van der Waals surface area contributed by atoms with Crippen LogP contribution in [-0.4, -0.2) is 9.71 Å². The number of rotatable bonds is 0. The average Bonchev–Trinajstić information content (AvgIpc) is 2.59. The molecule has 0 heterocycles. The molecule has 0 amide bonds. The minimum Gasteiger partial charge on any atom is -0.289 e. The van der Waals surface area contributed by atoms with Gasteiger partial charge in [-0.15, -0.1) is 0 Å². The van der Waals surface area contributed by atoms with E-state index in [9.17, 15) is 4.79 Å². The van der Waals surface area contributed by atoms with Crippen LogP contribution in [0, 0.1) is 5.92 Å². The maximum atomic E-state index is 12.3. The van der Waals surface area contributed by atoms with Crippen LogP contribution in [-0.2, 0) is 0 Å². The molecule has 0 fully saturated rings. The Hall–Kier alpha value is -0.900. The molecule has 2 atom stereocenters. The van der Waals surface area contributed by atoms with E-state index >= 15 is 0 Å². The summed E-state index contributed by atoms with van der Waals surface area (Å²) in [5, 5.41) is 0. The summed E-state index contributed by atoms with van der Waals surface area (Å²) in [4.78, 5) is 12.3. The lowest BCUT2D eigenvalue weighted by molar-refractivity contribution is 0.103. The van der Waals surface area contributed by atoms with Crippen molar-refractivity contribution in [3.05, 3.63) is 53.1 Å². The van der Waals surface area contributed by atoms with Crippen molar-refractivity contribution in [3.8, 4) is 0 Å². The van der Waals surface area contributed by atoms with Crippen LogP contribution >= 0.6 is 22.6 Å². The number of benzene rings is 1. The fraction of sp³-hybridized carbons (Fsp3) is 0.214. The van der Waals surface area contributed by atoms with Crippen LogP contribution in [0.2, 0.25) is 0 Å². The molecule has 0 aromatic heterocycles. The molecule has 0 N–H and O–H groups in total. The predicted octanol–water partition coefficient (Wildman–Crippen LogP) is 3.65. The zero-order valence-electron chi connectivity index (χ0n) is 8.91. The molecule has 2 aliphatic rings. The first-order chi connectivity index (χ1) is 7.70. The summed E-state index contributed by atoms with van der Waals surface area (Å²) in [7, 11) is 0. The highest BCUT2D eigenvalue weighted by molar-refractivity contribution is 14.1. The Bertz CT molecular complexity index is 539. The third kappa shape index (κ3) is 1.25. The lowest BCUT2D eigenvalue weighted by Crippen LogP contribution is -2.18. The number of allylic oxidation sites excluding steroid dienone is 4. The van der Waals surface area contributed by atoms with Crippen LogP contribution in [0.15, 0.2) is 42.0 Å². The van der Waals surface area contributed by atoms with Crippen molar-refractivity contribution in [2.45, 2.75) is 10.8 Å². The number of hydrogen-bond acceptors (Lipinski definition) is 1. The Balaban J connectivity index is 2.23. The molecule has 0 radical (unpaired) electrons. The van der Waals surface area contributed by atoms with Gasteiger partial charge in [-0.1, -0.05) is 65.9 Å². The molecule has 1 aromatic carbocycles. The highest BCUT2D eigenvalue weighted by atomic mass is 127. The van der Waals surface area contributed by atoms with Crippen molar-refractivity contribution in [1.82, 2.24) is 0 Å². The van der Waals surface area contributed by atoms with E-state index in [4.69, 9.17) is 0 Å². The minimum atomic E-state index is 0.223. The third-order valence-corrected chi connectivity index (χ3v) is 5.06. The molecule has 0 bridgehead atoms. The lowest BCUT2D eigenvalue weighted by Gasteiger charge is -2.20. The number of alkyl halides is 1. The molecule has 1 aromatic rings. The van der Waals surface area contributed by atoms with E-state index in [2.05, 4.69) is 41.7 Å². The maximum Gasteiger partial charge on any atom is 0.191 e. The molecule has 80 valence electrons. The second-order valence-electron chi connectivity index (χ2n) is 4.32. The number of fused-ring (bicyclic) bond motifs is 2. The monoisotopic (exact) mass is 322 g/mol. The molecule has 0 saturated carbocycles. The number of hydrogen-bond donors (Lipinski definition) is 0. The quantitative estimate of drug-likeness (QED) is 0.526. The average molecular weight is 322 g/mol. The summed E-state index contributed by atoms with van der Waals surface area (Å²) in [5.74, 6) is 0.666. The number of carbonyl (C=O) groups excluding carboxylic acids is 1. The van der Waals surface area contributed by atoms with Crippen LogP contribution in [0.1, 0.15) is 22.8 Å². The second kappa shape index (κ2) is 3.55. The van der Waals surface area contributed by atoms with Crippen molar-refractivity contribution < 1.29 is 4.79 Å². The minimum absolute atomic E-state index is 0.223. The van der Waals surface area contributed by atoms with Gasteiger partial charge < -0.3 is 0 Å². The molecular formula is C14H11IO. The Morgan fingerprint density at radius 1 is 1.19 bits per heavy atom. The van der Waals surface area contributed by atoms with Gasteiger partial charge in [0.15, 0.2) is 5.78 Å². The van der Waals surface area contributed by atoms with Gasteiger partial charge in [0.2, 0.25) is 0 Å². The zero-order chi connectivity index (χ0) is 11.3. The lowest BCUT2D eigenvalue weighted by atomic mass is 9.91. The fourth-order valence-electron chi connectivity index (χ4n) is 2.39. The van der Waals surface area contributed by atoms with Gasteiger partial charge in [-0.2, -0.15) is 0 Å². The molecule has 2 unspecified atom stereocenters. The Labute approximate surface area is 108 Å². The zero-order valence-corrected chi connectivity index (χ0v) is 11.1. The summed E-state index contributed by atoms with van der Waals surface area (Å²) in [5.41, 5.74) is 4.11. The van der Waals surface area contributed by atoms with E-state index < -0.39 is 0 Å². The third-order valence-electron chi connectivity index (χ3n) is 3.30. The number of carbonyl (C=O) groups is 1. The van der Waals surface area contributed by atoms with Gasteiger partial charge >= 0.3 is 0 Å². The molecule has 0 spiro atoms. The van der Waals surface area contributed by atoms with Crippen LogP contribution < -0.4 is 0 Å². The van der Waals surface area contributed by atoms with Gasteiger partial charge in [-0.05, 0) is 17.1 Å². The van der Waals surface area contributed by atoms with Crippen molar-refractivity contribution in [2.24, 2.45) is 5.92 Å². The highest BCUT2D eigenvalue weighted by Crippen LogP contribution is 2.42. The normalized spacial score (nSPS) is 27.0. The summed E-state index contributed by atoms with van der Waals surface area (Å²) >= 11 is 2.38. The van der Waals surface area contributed by atoms with Crippen LogP contribution in [0.5, 0.6) is 0 Å². The molecule has 16 heavy (non-hydrogen) atoms. The summed E-state index contributed by atoms with van der Waals surface area (Å²) in [6.07, 6.45) is 4.31. The van der Waals surface area contributed by atoms with Crippen LogP contribution in [0.3, 0.4) is 0 Å². The maximum absolute atomic E-state index is 12.3. The van der Waals surface area contributed by atoms with E-state index in [1.54, 1.807) is 0 Å². The first-order valence-corrected chi connectivity index (χ1v) is 6.65. The molecule has 2 heteroatoms. The van der Waals surface area contributed by atoms with Gasteiger partial charge in [0, 0.05) is 15.1 Å².